The fraction of sp³-hybridized carbons (Fsp3) is 0.333. The van der Waals surface area contributed by atoms with Crippen LogP contribution in [-0.2, 0) is 23.0 Å². The lowest BCUT2D eigenvalue weighted by Gasteiger charge is -2.23. The number of carbonyl (C=O) groups excluding carboxylic acids is 2. The van der Waals surface area contributed by atoms with Crippen LogP contribution in [0.15, 0.2) is 48.7 Å². The highest BCUT2D eigenvalue weighted by atomic mass is 19.1. The zero-order valence-corrected chi connectivity index (χ0v) is 19.8. The average molecular weight is 469 g/mol. The third-order valence-electron chi connectivity index (χ3n) is 4.80. The minimum absolute atomic E-state index is 0.145. The summed E-state index contributed by atoms with van der Waals surface area (Å²) in [6.45, 7) is 5.20. The molecule has 0 spiro atoms. The lowest BCUT2D eigenvalue weighted by Crippen LogP contribution is -2.47. The maximum atomic E-state index is 13.3. The van der Waals surface area contributed by atoms with Gasteiger partial charge in [0, 0.05) is 38.3 Å². The highest BCUT2D eigenvalue weighted by Crippen LogP contribution is 2.23. The van der Waals surface area contributed by atoms with Gasteiger partial charge in [0.2, 0.25) is 5.91 Å². The van der Waals surface area contributed by atoms with Crippen LogP contribution in [-0.4, -0.2) is 45.5 Å². The van der Waals surface area contributed by atoms with Gasteiger partial charge in [0.15, 0.2) is 0 Å². The van der Waals surface area contributed by atoms with Crippen molar-refractivity contribution < 1.29 is 18.7 Å². The molecule has 0 bridgehead atoms. The van der Waals surface area contributed by atoms with Gasteiger partial charge in [0.1, 0.15) is 29.1 Å². The molecule has 34 heavy (non-hydrogen) atoms. The molecule has 0 unspecified atom stereocenters. The lowest BCUT2D eigenvalue weighted by molar-refractivity contribution is -0.118. The molecule has 3 N–H and O–H groups in total. The fourth-order valence-corrected chi connectivity index (χ4v) is 3.18. The van der Waals surface area contributed by atoms with Gasteiger partial charge in [0.05, 0.1) is 5.69 Å². The predicted octanol–water partition coefficient (Wildman–Crippen LogP) is 3.74. The van der Waals surface area contributed by atoms with Crippen molar-refractivity contribution >= 4 is 23.6 Å². The van der Waals surface area contributed by atoms with E-state index in [0.717, 1.165) is 5.56 Å². The van der Waals surface area contributed by atoms with Crippen molar-refractivity contribution in [2.45, 2.75) is 38.8 Å². The van der Waals surface area contributed by atoms with Crippen LogP contribution in [0.4, 0.5) is 20.8 Å². The Morgan fingerprint density at radius 3 is 2.50 bits per heavy atom. The molecular weight excluding hydrogens is 439 g/mol. The van der Waals surface area contributed by atoms with E-state index in [0.29, 0.717) is 22.9 Å². The first-order valence-corrected chi connectivity index (χ1v) is 10.8. The van der Waals surface area contributed by atoms with Gasteiger partial charge in [-0.05, 0) is 50.6 Å². The Morgan fingerprint density at radius 2 is 1.85 bits per heavy atom. The van der Waals surface area contributed by atoms with Crippen LogP contribution in [0, 0.1) is 5.82 Å². The van der Waals surface area contributed by atoms with Gasteiger partial charge in [-0.3, -0.25) is 9.48 Å². The summed E-state index contributed by atoms with van der Waals surface area (Å²) in [5, 5.41) is 12.9. The van der Waals surface area contributed by atoms with Gasteiger partial charge in [-0.1, -0.05) is 12.1 Å². The number of benzene rings is 1. The van der Waals surface area contributed by atoms with Gasteiger partial charge in [0.25, 0.3) is 0 Å². The van der Waals surface area contributed by atoms with Crippen LogP contribution >= 0.6 is 0 Å². The number of hydrogen-bond acceptors (Lipinski definition) is 6. The molecule has 2 amide bonds. The average Bonchev–Trinajstić information content (AvgIpc) is 3.13. The molecule has 1 aromatic carbocycles. The first-order valence-electron chi connectivity index (χ1n) is 10.8. The van der Waals surface area contributed by atoms with Crippen LogP contribution in [0.2, 0.25) is 0 Å². The van der Waals surface area contributed by atoms with Crippen molar-refractivity contribution in [2.24, 2.45) is 7.05 Å². The van der Waals surface area contributed by atoms with Crippen molar-refractivity contribution in [3.05, 3.63) is 60.0 Å². The van der Waals surface area contributed by atoms with E-state index in [1.807, 2.05) is 12.1 Å². The molecule has 0 saturated heterocycles. The Kier molecular flexibility index (Phi) is 7.50. The lowest BCUT2D eigenvalue weighted by atomic mass is 10.1. The summed E-state index contributed by atoms with van der Waals surface area (Å²) in [7, 11) is 3.48. The smallest absolute Gasteiger partial charge is 0.408 e. The summed E-state index contributed by atoms with van der Waals surface area (Å²) in [5.41, 5.74) is 1.42. The SMILES string of the molecule is CNc1cc(-c2cc(NC(=O)[C@H](Cc3ccc(F)cc3)NC(=O)OC(C)(C)C)n(C)n2)ccn1. The van der Waals surface area contributed by atoms with Crippen LogP contribution in [0.1, 0.15) is 26.3 Å². The predicted molar refractivity (Wildman–Crippen MR) is 128 cm³/mol. The molecular formula is C24H29FN6O3. The van der Waals surface area contributed by atoms with Crippen molar-refractivity contribution in [1.82, 2.24) is 20.1 Å². The number of aromatic nitrogens is 3. The zero-order chi connectivity index (χ0) is 24.9. The molecule has 180 valence electrons. The van der Waals surface area contributed by atoms with Crippen LogP contribution in [0.5, 0.6) is 0 Å². The van der Waals surface area contributed by atoms with Gasteiger partial charge in [-0.15, -0.1) is 0 Å². The summed E-state index contributed by atoms with van der Waals surface area (Å²) in [4.78, 5) is 29.7. The van der Waals surface area contributed by atoms with E-state index in [1.54, 1.807) is 59.3 Å². The van der Waals surface area contributed by atoms with E-state index >= 15 is 0 Å². The largest absolute Gasteiger partial charge is 0.444 e. The van der Waals surface area contributed by atoms with E-state index in [9.17, 15) is 14.0 Å². The number of amides is 2. The summed E-state index contributed by atoms with van der Waals surface area (Å²) in [6.07, 6.45) is 1.08. The van der Waals surface area contributed by atoms with Crippen LogP contribution in [0.25, 0.3) is 11.3 Å². The Morgan fingerprint density at radius 1 is 1.15 bits per heavy atom. The third-order valence-corrected chi connectivity index (χ3v) is 4.80. The number of nitrogens with zero attached hydrogens (tertiary/aromatic N) is 3. The fourth-order valence-electron chi connectivity index (χ4n) is 3.18. The van der Waals surface area contributed by atoms with Crippen LogP contribution < -0.4 is 16.0 Å². The molecule has 0 aliphatic carbocycles. The first-order chi connectivity index (χ1) is 16.0. The molecule has 2 aromatic heterocycles. The number of carbonyl (C=O) groups is 2. The Bertz CT molecular complexity index is 1150. The number of rotatable bonds is 7. The van der Waals surface area contributed by atoms with Crippen molar-refractivity contribution in [3.63, 3.8) is 0 Å². The number of pyridine rings is 1. The molecule has 2 heterocycles. The Labute approximate surface area is 197 Å². The van der Waals surface area contributed by atoms with E-state index in [-0.39, 0.29) is 12.2 Å². The van der Waals surface area contributed by atoms with E-state index in [2.05, 4.69) is 26.0 Å². The number of nitrogens with one attached hydrogen (secondary N) is 3. The number of aryl methyl sites for hydroxylation is 1. The topological polar surface area (TPSA) is 110 Å². The third kappa shape index (κ3) is 6.77. The second kappa shape index (κ2) is 10.3. The highest BCUT2D eigenvalue weighted by molar-refractivity contribution is 5.96. The number of anilines is 2. The van der Waals surface area contributed by atoms with E-state index < -0.39 is 23.6 Å². The van der Waals surface area contributed by atoms with Crippen molar-refractivity contribution in [3.8, 4) is 11.3 Å². The quantitative estimate of drug-likeness (QED) is 0.487. The second-order valence-electron chi connectivity index (χ2n) is 8.74. The van der Waals surface area contributed by atoms with Crippen molar-refractivity contribution in [1.29, 1.82) is 0 Å². The van der Waals surface area contributed by atoms with E-state index in [4.69, 9.17) is 4.74 Å². The maximum absolute atomic E-state index is 13.3. The van der Waals surface area contributed by atoms with Gasteiger partial charge in [-0.25, -0.2) is 14.2 Å². The molecule has 0 aliphatic heterocycles. The number of halogens is 1. The van der Waals surface area contributed by atoms with Gasteiger partial charge in [-0.2, -0.15) is 5.10 Å². The minimum Gasteiger partial charge on any atom is -0.444 e. The Balaban J connectivity index is 1.80. The molecule has 3 rings (SSSR count). The zero-order valence-electron chi connectivity index (χ0n) is 19.8. The summed E-state index contributed by atoms with van der Waals surface area (Å²) < 4.78 is 20.2. The molecule has 9 nitrogen and oxygen atoms in total. The summed E-state index contributed by atoms with van der Waals surface area (Å²) in [5.74, 6) is 0.285. The normalized spacial score (nSPS) is 12.1. The number of hydrogen-bond donors (Lipinski definition) is 3. The molecule has 1 atom stereocenters. The molecule has 0 aliphatic rings. The monoisotopic (exact) mass is 468 g/mol. The van der Waals surface area contributed by atoms with Crippen LogP contribution in [0.3, 0.4) is 0 Å². The van der Waals surface area contributed by atoms with Gasteiger partial charge < -0.3 is 20.7 Å². The second-order valence-corrected chi connectivity index (χ2v) is 8.74. The maximum Gasteiger partial charge on any atom is 0.408 e. The molecule has 3 aromatic rings. The summed E-state index contributed by atoms with van der Waals surface area (Å²) in [6, 6.07) is 10.2. The highest BCUT2D eigenvalue weighted by Gasteiger charge is 2.26. The number of ether oxygens (including phenoxy) is 1. The molecule has 10 heteroatoms. The first kappa shape index (κ1) is 24.7. The standard InChI is InChI=1S/C24H29FN6O3/c1-24(2,3)34-23(33)28-19(12-15-6-8-17(25)9-7-15)22(32)29-21-14-18(30-31(21)5)16-10-11-27-20(13-16)26-4/h6-11,13-14,19H,12H2,1-5H3,(H,26,27)(H,28,33)(H,29,32)/t19-/m0/s1. The van der Waals surface area contributed by atoms with Gasteiger partial charge >= 0.3 is 6.09 Å². The number of alkyl carbamates (subject to hydrolysis) is 1. The van der Waals surface area contributed by atoms with E-state index in [1.165, 1.54) is 16.8 Å². The van der Waals surface area contributed by atoms with Crippen molar-refractivity contribution in [2.75, 3.05) is 17.7 Å². The molecule has 0 saturated carbocycles. The molecule has 0 fully saturated rings. The minimum atomic E-state index is -0.963. The molecule has 0 radical (unpaired) electrons. The summed E-state index contributed by atoms with van der Waals surface area (Å²) >= 11 is 0. The Hall–Kier alpha value is -3.95.